The highest BCUT2D eigenvalue weighted by Crippen LogP contribution is 2.26. The van der Waals surface area contributed by atoms with Gasteiger partial charge in [0.15, 0.2) is 5.11 Å². The zero-order valence-corrected chi connectivity index (χ0v) is 15.6. The van der Waals surface area contributed by atoms with E-state index in [1.807, 2.05) is 12.1 Å². The Balaban J connectivity index is 1.51. The molecule has 0 unspecified atom stereocenters. The Hall–Kier alpha value is -2.06. The summed E-state index contributed by atoms with van der Waals surface area (Å²) < 4.78 is 24.7. The van der Waals surface area contributed by atoms with Gasteiger partial charge in [-0.3, -0.25) is 0 Å². The van der Waals surface area contributed by atoms with Crippen LogP contribution in [0.25, 0.3) is 0 Å². The lowest BCUT2D eigenvalue weighted by Gasteiger charge is -2.37. The first-order valence-electron chi connectivity index (χ1n) is 8.16. The maximum atomic E-state index is 12.4. The van der Waals surface area contributed by atoms with Gasteiger partial charge in [-0.25, -0.2) is 0 Å². The summed E-state index contributed by atoms with van der Waals surface area (Å²) in [6.07, 6.45) is 0. The van der Waals surface area contributed by atoms with Crippen molar-refractivity contribution in [2.45, 2.75) is 10.7 Å². The highest BCUT2D eigenvalue weighted by Gasteiger charge is 2.19. The van der Waals surface area contributed by atoms with E-state index in [9.17, 15) is 13.9 Å². The number of benzene rings is 2. The predicted octanol–water partition coefficient (Wildman–Crippen LogP) is 4.23. The molecule has 0 amide bonds. The van der Waals surface area contributed by atoms with Crippen molar-refractivity contribution in [1.82, 2.24) is 4.90 Å². The highest BCUT2D eigenvalue weighted by molar-refractivity contribution is 7.99. The monoisotopic (exact) mass is 395 g/mol. The van der Waals surface area contributed by atoms with Crippen LogP contribution in [0.1, 0.15) is 0 Å². The average Bonchev–Trinajstić information content (AvgIpc) is 2.64. The van der Waals surface area contributed by atoms with Gasteiger partial charge in [0.05, 0.1) is 0 Å². The van der Waals surface area contributed by atoms with Crippen LogP contribution in [0.2, 0.25) is 0 Å². The van der Waals surface area contributed by atoms with Crippen molar-refractivity contribution in [3.05, 3.63) is 48.5 Å². The van der Waals surface area contributed by atoms with Crippen LogP contribution in [-0.4, -0.2) is 47.1 Å². The quantitative estimate of drug-likeness (QED) is 0.596. The zero-order chi connectivity index (χ0) is 18.5. The molecule has 0 saturated carbocycles. The lowest BCUT2D eigenvalue weighted by molar-refractivity contribution is 0.252. The van der Waals surface area contributed by atoms with Gasteiger partial charge in [-0.05, 0) is 60.7 Å². The fourth-order valence-corrected chi connectivity index (χ4v) is 3.55. The van der Waals surface area contributed by atoms with Gasteiger partial charge in [-0.1, -0.05) is 11.8 Å². The molecule has 138 valence electrons. The third kappa shape index (κ3) is 4.98. The highest BCUT2D eigenvalue weighted by atomic mass is 32.2. The van der Waals surface area contributed by atoms with Gasteiger partial charge in [0.2, 0.25) is 0 Å². The van der Waals surface area contributed by atoms with E-state index in [1.165, 1.54) is 0 Å². The van der Waals surface area contributed by atoms with E-state index in [4.69, 9.17) is 12.2 Å². The summed E-state index contributed by atoms with van der Waals surface area (Å²) in [5.41, 5.74) is 1.86. The number of aromatic hydroxyl groups is 1. The summed E-state index contributed by atoms with van der Waals surface area (Å²) >= 11 is 6.00. The molecule has 3 rings (SSSR count). The van der Waals surface area contributed by atoms with Crippen LogP contribution in [0.3, 0.4) is 0 Å². The van der Waals surface area contributed by atoms with E-state index >= 15 is 0 Å². The minimum absolute atomic E-state index is 0.260. The van der Waals surface area contributed by atoms with Crippen LogP contribution in [-0.2, 0) is 0 Å². The van der Waals surface area contributed by atoms with Crippen molar-refractivity contribution in [1.29, 1.82) is 0 Å². The summed E-state index contributed by atoms with van der Waals surface area (Å²) in [7, 11) is 0. The molecule has 2 N–H and O–H groups in total. The number of rotatable bonds is 4. The number of hydrogen-bond donors (Lipinski definition) is 2. The molecule has 0 bridgehead atoms. The van der Waals surface area contributed by atoms with Crippen LogP contribution in [0.15, 0.2) is 53.4 Å². The van der Waals surface area contributed by atoms with Crippen molar-refractivity contribution < 1.29 is 13.9 Å². The Bertz CT molecular complexity index is 733. The standard InChI is InChI=1S/C18H19F2N3OS2/c19-17(20)26-16-7-1-13(2-8-16)21-18(25)23-11-9-22(10-12-23)14-3-5-15(24)6-4-14/h1-8,17,24H,9-12H2,(H,21,25). The largest absolute Gasteiger partial charge is 0.508 e. The molecule has 1 aliphatic rings. The number of nitrogens with one attached hydrogen (secondary N) is 1. The van der Waals surface area contributed by atoms with E-state index in [-0.39, 0.29) is 5.75 Å². The maximum absolute atomic E-state index is 12.4. The molecule has 0 aliphatic carbocycles. The molecule has 0 radical (unpaired) electrons. The lowest BCUT2D eigenvalue weighted by atomic mass is 10.2. The molecule has 0 aromatic heterocycles. The first-order chi connectivity index (χ1) is 12.5. The molecular weight excluding hydrogens is 376 g/mol. The van der Waals surface area contributed by atoms with Gasteiger partial charge < -0.3 is 20.2 Å². The molecule has 1 saturated heterocycles. The maximum Gasteiger partial charge on any atom is 0.288 e. The van der Waals surface area contributed by atoms with E-state index in [0.29, 0.717) is 21.8 Å². The third-order valence-corrected chi connectivity index (χ3v) is 5.20. The molecule has 4 nitrogen and oxygen atoms in total. The number of piperazine rings is 1. The summed E-state index contributed by atoms with van der Waals surface area (Å²) in [5, 5.41) is 13.2. The molecule has 0 spiro atoms. The van der Waals surface area contributed by atoms with E-state index < -0.39 is 5.76 Å². The Morgan fingerprint density at radius 3 is 2.19 bits per heavy atom. The summed E-state index contributed by atoms with van der Waals surface area (Å²) in [6.45, 7) is 3.23. The Morgan fingerprint density at radius 1 is 1.00 bits per heavy atom. The number of hydrogen-bond acceptors (Lipinski definition) is 4. The summed E-state index contributed by atoms with van der Waals surface area (Å²) in [4.78, 5) is 4.86. The normalized spacial score (nSPS) is 14.6. The molecule has 1 aliphatic heterocycles. The number of thiocarbonyl (C=S) groups is 1. The molecule has 2 aromatic rings. The zero-order valence-electron chi connectivity index (χ0n) is 13.9. The second-order valence-electron chi connectivity index (χ2n) is 5.82. The molecule has 1 heterocycles. The van der Waals surface area contributed by atoms with Crippen molar-refractivity contribution in [3.8, 4) is 5.75 Å². The van der Waals surface area contributed by atoms with Gasteiger partial charge in [0.1, 0.15) is 5.75 Å². The number of alkyl halides is 2. The number of thioether (sulfide) groups is 1. The number of phenolic OH excluding ortho intramolecular Hbond substituents is 1. The average molecular weight is 396 g/mol. The predicted molar refractivity (Wildman–Crippen MR) is 106 cm³/mol. The van der Waals surface area contributed by atoms with Crippen molar-refractivity contribution in [3.63, 3.8) is 0 Å². The van der Waals surface area contributed by atoms with Crippen molar-refractivity contribution >= 4 is 40.5 Å². The van der Waals surface area contributed by atoms with Gasteiger partial charge in [0.25, 0.3) is 5.76 Å². The van der Waals surface area contributed by atoms with E-state index in [2.05, 4.69) is 15.1 Å². The van der Waals surface area contributed by atoms with Crippen LogP contribution >= 0.6 is 24.0 Å². The van der Waals surface area contributed by atoms with Gasteiger partial charge in [-0.15, -0.1) is 0 Å². The minimum Gasteiger partial charge on any atom is -0.508 e. The van der Waals surface area contributed by atoms with Gasteiger partial charge >= 0.3 is 0 Å². The summed E-state index contributed by atoms with van der Waals surface area (Å²) in [5.74, 6) is -2.16. The van der Waals surface area contributed by atoms with Crippen LogP contribution in [0.5, 0.6) is 5.75 Å². The third-order valence-electron chi connectivity index (χ3n) is 4.11. The Morgan fingerprint density at radius 2 is 1.62 bits per heavy atom. The van der Waals surface area contributed by atoms with Crippen molar-refractivity contribution in [2.24, 2.45) is 0 Å². The molecular formula is C18H19F2N3OS2. The molecule has 2 aromatic carbocycles. The number of halogens is 2. The fraction of sp³-hybridized carbons (Fsp3) is 0.278. The molecule has 0 atom stereocenters. The summed E-state index contributed by atoms with van der Waals surface area (Å²) in [6, 6.07) is 14.0. The topological polar surface area (TPSA) is 38.7 Å². The van der Waals surface area contributed by atoms with Crippen molar-refractivity contribution in [2.75, 3.05) is 36.4 Å². The number of phenols is 1. The first kappa shape index (κ1) is 18.7. The van der Waals surface area contributed by atoms with E-state index in [1.54, 1.807) is 36.4 Å². The lowest BCUT2D eigenvalue weighted by Crippen LogP contribution is -2.50. The second kappa shape index (κ2) is 8.55. The minimum atomic E-state index is -2.42. The van der Waals surface area contributed by atoms with Crippen LogP contribution in [0, 0.1) is 0 Å². The Kier molecular flexibility index (Phi) is 6.16. The number of anilines is 2. The fourth-order valence-electron chi connectivity index (χ4n) is 2.75. The number of nitrogens with zero attached hydrogens (tertiary/aromatic N) is 2. The van der Waals surface area contributed by atoms with E-state index in [0.717, 1.165) is 37.6 Å². The Labute approximate surface area is 160 Å². The molecule has 8 heteroatoms. The molecule has 1 fully saturated rings. The molecule has 26 heavy (non-hydrogen) atoms. The first-order valence-corrected chi connectivity index (χ1v) is 9.45. The SMILES string of the molecule is Oc1ccc(N2CCN(C(=S)Nc3ccc(SC(F)F)cc3)CC2)cc1. The van der Waals surface area contributed by atoms with Gasteiger partial charge in [0, 0.05) is 42.4 Å². The second-order valence-corrected chi connectivity index (χ2v) is 7.27. The van der Waals surface area contributed by atoms with Crippen LogP contribution in [0.4, 0.5) is 20.2 Å². The smallest absolute Gasteiger partial charge is 0.288 e. The van der Waals surface area contributed by atoms with Gasteiger partial charge in [-0.2, -0.15) is 8.78 Å². The van der Waals surface area contributed by atoms with Crippen LogP contribution < -0.4 is 10.2 Å².